The fourth-order valence-corrected chi connectivity index (χ4v) is 2.66. The normalized spacial score (nSPS) is 19.1. The van der Waals surface area contributed by atoms with Crippen LogP contribution < -0.4 is 10.2 Å². The molecule has 1 fully saturated rings. The fraction of sp³-hybridized carbons (Fsp3) is 0.500. The van der Waals surface area contributed by atoms with E-state index in [2.05, 4.69) is 22.1 Å². The molecule has 1 saturated heterocycles. The van der Waals surface area contributed by atoms with Crippen molar-refractivity contribution in [3.8, 4) is 0 Å². The standard InChI is InChI=1S/C16H22N4O/c1-2-7-17-10-13-12-21-9-8-20(13)16-11-18-14-5-3-4-6-15(14)19-16/h3-6,11,13,17H,2,7-10,12H2,1H3. The summed E-state index contributed by atoms with van der Waals surface area (Å²) >= 11 is 0. The number of nitrogens with zero attached hydrogens (tertiary/aromatic N) is 3. The van der Waals surface area contributed by atoms with Crippen LogP contribution in [0.2, 0.25) is 0 Å². The van der Waals surface area contributed by atoms with Crippen LogP contribution in [-0.4, -0.2) is 48.9 Å². The summed E-state index contributed by atoms with van der Waals surface area (Å²) in [6.07, 6.45) is 3.02. The Morgan fingerprint density at radius 2 is 2.19 bits per heavy atom. The Morgan fingerprint density at radius 1 is 1.33 bits per heavy atom. The first kappa shape index (κ1) is 14.2. The van der Waals surface area contributed by atoms with Crippen molar-refractivity contribution >= 4 is 16.9 Å². The number of rotatable bonds is 5. The molecule has 0 aliphatic carbocycles. The molecule has 1 N–H and O–H groups in total. The quantitative estimate of drug-likeness (QED) is 0.850. The van der Waals surface area contributed by atoms with Crippen LogP contribution in [0.3, 0.4) is 0 Å². The third kappa shape index (κ3) is 3.31. The monoisotopic (exact) mass is 286 g/mol. The molecule has 0 saturated carbocycles. The van der Waals surface area contributed by atoms with E-state index in [9.17, 15) is 0 Å². The van der Waals surface area contributed by atoms with Crippen LogP contribution >= 0.6 is 0 Å². The number of hydrogen-bond donors (Lipinski definition) is 1. The number of aromatic nitrogens is 2. The van der Waals surface area contributed by atoms with E-state index in [-0.39, 0.29) is 0 Å². The molecule has 1 aliphatic heterocycles. The molecule has 0 spiro atoms. The lowest BCUT2D eigenvalue weighted by molar-refractivity contribution is 0.0934. The topological polar surface area (TPSA) is 50.3 Å². The van der Waals surface area contributed by atoms with E-state index in [0.29, 0.717) is 6.04 Å². The fourth-order valence-electron chi connectivity index (χ4n) is 2.66. The molecule has 0 bridgehead atoms. The molecule has 1 aromatic heterocycles. The first-order valence-corrected chi connectivity index (χ1v) is 7.65. The minimum absolute atomic E-state index is 0.320. The predicted molar refractivity (Wildman–Crippen MR) is 84.7 cm³/mol. The van der Waals surface area contributed by atoms with Gasteiger partial charge in [-0.3, -0.25) is 4.98 Å². The molecule has 0 radical (unpaired) electrons. The van der Waals surface area contributed by atoms with Crippen LogP contribution in [0.15, 0.2) is 30.5 Å². The summed E-state index contributed by atoms with van der Waals surface area (Å²) in [5.41, 5.74) is 1.89. The average molecular weight is 286 g/mol. The third-order valence-corrected chi connectivity index (χ3v) is 3.76. The molecule has 1 atom stereocenters. The zero-order valence-corrected chi connectivity index (χ0v) is 12.5. The highest BCUT2D eigenvalue weighted by Gasteiger charge is 2.24. The van der Waals surface area contributed by atoms with Gasteiger partial charge in [-0.15, -0.1) is 0 Å². The van der Waals surface area contributed by atoms with Gasteiger partial charge in [-0.2, -0.15) is 0 Å². The highest BCUT2D eigenvalue weighted by Crippen LogP contribution is 2.19. The smallest absolute Gasteiger partial charge is 0.148 e. The maximum absolute atomic E-state index is 5.62. The van der Waals surface area contributed by atoms with Gasteiger partial charge in [-0.25, -0.2) is 4.98 Å². The second-order valence-corrected chi connectivity index (χ2v) is 5.34. The van der Waals surface area contributed by atoms with Crippen LogP contribution in [0.25, 0.3) is 11.0 Å². The molecule has 3 rings (SSSR count). The van der Waals surface area contributed by atoms with Gasteiger partial charge in [0, 0.05) is 13.1 Å². The SMILES string of the molecule is CCCNCC1COCCN1c1cnc2ccccc2n1. The van der Waals surface area contributed by atoms with Crippen LogP contribution in [-0.2, 0) is 4.74 Å². The van der Waals surface area contributed by atoms with Crippen LogP contribution in [0.5, 0.6) is 0 Å². The van der Waals surface area contributed by atoms with Crippen molar-refractivity contribution < 1.29 is 4.74 Å². The Kier molecular flexibility index (Phi) is 4.62. The molecule has 5 heteroatoms. The lowest BCUT2D eigenvalue weighted by Gasteiger charge is -2.36. The molecule has 21 heavy (non-hydrogen) atoms. The van der Waals surface area contributed by atoms with E-state index < -0.39 is 0 Å². The second-order valence-electron chi connectivity index (χ2n) is 5.34. The van der Waals surface area contributed by atoms with E-state index in [1.54, 1.807) is 0 Å². The van der Waals surface area contributed by atoms with E-state index in [0.717, 1.165) is 56.1 Å². The van der Waals surface area contributed by atoms with Gasteiger partial charge in [0.1, 0.15) is 5.82 Å². The number of morpholine rings is 1. The first-order valence-electron chi connectivity index (χ1n) is 7.65. The summed E-state index contributed by atoms with van der Waals surface area (Å²) in [5.74, 6) is 0.945. The molecule has 1 aromatic carbocycles. The Hall–Kier alpha value is -1.72. The van der Waals surface area contributed by atoms with E-state index in [1.807, 2.05) is 30.5 Å². The highest BCUT2D eigenvalue weighted by atomic mass is 16.5. The van der Waals surface area contributed by atoms with Crippen molar-refractivity contribution in [2.75, 3.05) is 37.7 Å². The number of nitrogens with one attached hydrogen (secondary N) is 1. The van der Waals surface area contributed by atoms with Gasteiger partial charge in [0.15, 0.2) is 0 Å². The Balaban J connectivity index is 1.80. The zero-order valence-electron chi connectivity index (χ0n) is 12.5. The van der Waals surface area contributed by atoms with Gasteiger partial charge in [0.2, 0.25) is 0 Å². The van der Waals surface area contributed by atoms with E-state index in [4.69, 9.17) is 9.72 Å². The van der Waals surface area contributed by atoms with Crippen LogP contribution in [0, 0.1) is 0 Å². The molecular weight excluding hydrogens is 264 g/mol. The van der Waals surface area contributed by atoms with Crippen LogP contribution in [0.1, 0.15) is 13.3 Å². The summed E-state index contributed by atoms with van der Waals surface area (Å²) in [7, 11) is 0. The molecule has 5 nitrogen and oxygen atoms in total. The van der Waals surface area contributed by atoms with Crippen molar-refractivity contribution in [1.29, 1.82) is 0 Å². The summed E-state index contributed by atoms with van der Waals surface area (Å²) in [6.45, 7) is 6.49. The molecule has 1 aliphatic rings. The van der Waals surface area contributed by atoms with Crippen molar-refractivity contribution in [3.63, 3.8) is 0 Å². The van der Waals surface area contributed by atoms with Crippen molar-refractivity contribution in [1.82, 2.24) is 15.3 Å². The van der Waals surface area contributed by atoms with Gasteiger partial charge in [0.25, 0.3) is 0 Å². The highest BCUT2D eigenvalue weighted by molar-refractivity contribution is 5.75. The summed E-state index contributed by atoms with van der Waals surface area (Å²) in [5, 5.41) is 3.47. The number of fused-ring (bicyclic) bond motifs is 1. The lowest BCUT2D eigenvalue weighted by Crippen LogP contribution is -2.51. The van der Waals surface area contributed by atoms with Gasteiger partial charge >= 0.3 is 0 Å². The lowest BCUT2D eigenvalue weighted by atomic mass is 10.2. The zero-order chi connectivity index (χ0) is 14.5. The van der Waals surface area contributed by atoms with Gasteiger partial charge in [-0.1, -0.05) is 19.1 Å². The minimum atomic E-state index is 0.320. The van der Waals surface area contributed by atoms with Crippen molar-refractivity contribution in [2.24, 2.45) is 0 Å². The largest absolute Gasteiger partial charge is 0.377 e. The molecule has 1 unspecified atom stereocenters. The van der Waals surface area contributed by atoms with Gasteiger partial charge < -0.3 is 15.0 Å². The number of benzene rings is 1. The summed E-state index contributed by atoms with van der Waals surface area (Å²) in [4.78, 5) is 11.6. The van der Waals surface area contributed by atoms with Crippen LogP contribution in [0.4, 0.5) is 5.82 Å². The second kappa shape index (κ2) is 6.83. The molecule has 2 heterocycles. The number of anilines is 1. The van der Waals surface area contributed by atoms with Crippen molar-refractivity contribution in [2.45, 2.75) is 19.4 Å². The van der Waals surface area contributed by atoms with E-state index >= 15 is 0 Å². The molecular formula is C16H22N4O. The van der Waals surface area contributed by atoms with Gasteiger partial charge in [0.05, 0.1) is 36.5 Å². The number of hydrogen-bond acceptors (Lipinski definition) is 5. The first-order chi connectivity index (χ1) is 10.4. The number of ether oxygens (including phenoxy) is 1. The predicted octanol–water partition coefficient (Wildman–Crippen LogP) is 1.83. The summed E-state index contributed by atoms with van der Waals surface area (Å²) < 4.78 is 5.62. The summed E-state index contributed by atoms with van der Waals surface area (Å²) in [6, 6.07) is 8.31. The Bertz CT molecular complexity index is 589. The molecule has 0 amide bonds. The minimum Gasteiger partial charge on any atom is -0.377 e. The van der Waals surface area contributed by atoms with Gasteiger partial charge in [-0.05, 0) is 25.1 Å². The Labute approximate surface area is 125 Å². The Morgan fingerprint density at radius 3 is 3.05 bits per heavy atom. The van der Waals surface area contributed by atoms with E-state index in [1.165, 1.54) is 0 Å². The average Bonchev–Trinajstić information content (AvgIpc) is 2.55. The number of para-hydroxylation sites is 2. The third-order valence-electron chi connectivity index (χ3n) is 3.76. The maximum atomic E-state index is 5.62. The molecule has 2 aromatic rings. The van der Waals surface area contributed by atoms with Crippen molar-refractivity contribution in [3.05, 3.63) is 30.5 Å². The molecule has 112 valence electrons. The maximum Gasteiger partial charge on any atom is 0.148 e.